The van der Waals surface area contributed by atoms with Crippen molar-refractivity contribution in [1.82, 2.24) is 25.2 Å². The van der Waals surface area contributed by atoms with E-state index in [4.69, 9.17) is 5.11 Å². The predicted octanol–water partition coefficient (Wildman–Crippen LogP) is 1.58. The average molecular weight is 332 g/mol. The smallest absolute Gasteiger partial charge is 0.191 e. The fourth-order valence-electron chi connectivity index (χ4n) is 2.67. The van der Waals surface area contributed by atoms with Gasteiger partial charge in [0.2, 0.25) is 0 Å². The molecule has 0 spiro atoms. The van der Waals surface area contributed by atoms with E-state index in [1.807, 2.05) is 35.7 Å². The van der Waals surface area contributed by atoms with Crippen LogP contribution < -0.4 is 10.6 Å². The molecular weight excluding hydrogens is 304 g/mol. The van der Waals surface area contributed by atoms with Gasteiger partial charge in [0.25, 0.3) is 0 Å². The van der Waals surface area contributed by atoms with Crippen LogP contribution in [0.1, 0.15) is 38.9 Å². The number of hydrogen-bond acceptors (Lipinski definition) is 4. The van der Waals surface area contributed by atoms with Gasteiger partial charge in [-0.15, -0.1) is 10.2 Å². The number of nitrogens with one attached hydrogen (secondary N) is 2. The standard InChI is InChI=1S/C17H28N6O/c1-3-7-14(9-11-24)12-19-17(18-4-2)20-13-16-22-21-15-8-5-6-10-23(15)16/h5-6,8,10,14,24H,3-4,7,9,11-13H2,1-2H3,(H2,18,19,20). The maximum atomic E-state index is 9.17. The third kappa shape index (κ3) is 5.19. The normalized spacial score (nSPS) is 13.2. The number of hydrogen-bond donors (Lipinski definition) is 3. The van der Waals surface area contributed by atoms with Crippen LogP contribution in [0.5, 0.6) is 0 Å². The zero-order chi connectivity index (χ0) is 17.2. The highest BCUT2D eigenvalue weighted by Crippen LogP contribution is 2.09. The summed E-state index contributed by atoms with van der Waals surface area (Å²) in [6.45, 7) is 6.50. The molecule has 7 heteroatoms. The Morgan fingerprint density at radius 1 is 1.25 bits per heavy atom. The van der Waals surface area contributed by atoms with Gasteiger partial charge in [-0.2, -0.15) is 0 Å². The number of fused-ring (bicyclic) bond motifs is 1. The number of nitrogens with zero attached hydrogens (tertiary/aromatic N) is 4. The van der Waals surface area contributed by atoms with Crippen molar-refractivity contribution in [3.8, 4) is 0 Å². The number of aliphatic hydroxyl groups is 1. The van der Waals surface area contributed by atoms with E-state index in [0.29, 0.717) is 12.5 Å². The van der Waals surface area contributed by atoms with Crippen LogP contribution in [-0.4, -0.2) is 45.4 Å². The summed E-state index contributed by atoms with van der Waals surface area (Å²) in [6.07, 6.45) is 4.97. The fourth-order valence-corrected chi connectivity index (χ4v) is 2.67. The van der Waals surface area contributed by atoms with Crippen molar-refractivity contribution in [2.45, 2.75) is 39.7 Å². The SMILES string of the molecule is CCCC(CCO)CNC(=NCc1nnc2ccccn12)NCC. The minimum atomic E-state index is 0.228. The van der Waals surface area contributed by atoms with Crippen LogP contribution in [0.25, 0.3) is 5.65 Å². The van der Waals surface area contributed by atoms with Gasteiger partial charge in [-0.3, -0.25) is 4.40 Å². The molecule has 0 fully saturated rings. The quantitative estimate of drug-likeness (QED) is 0.479. The Bertz CT molecular complexity index is 633. The second kappa shape index (κ2) is 9.87. The van der Waals surface area contributed by atoms with E-state index in [1.165, 1.54) is 0 Å². The summed E-state index contributed by atoms with van der Waals surface area (Å²) >= 11 is 0. The van der Waals surface area contributed by atoms with Crippen LogP contribution in [0.15, 0.2) is 29.4 Å². The largest absolute Gasteiger partial charge is 0.396 e. The van der Waals surface area contributed by atoms with Gasteiger partial charge < -0.3 is 15.7 Å². The van der Waals surface area contributed by atoms with E-state index in [9.17, 15) is 0 Å². The molecule has 0 aliphatic rings. The lowest BCUT2D eigenvalue weighted by atomic mass is 10.0. The molecule has 132 valence electrons. The molecule has 2 aromatic heterocycles. The summed E-state index contributed by atoms with van der Waals surface area (Å²) in [5, 5.41) is 24.1. The molecule has 24 heavy (non-hydrogen) atoms. The first-order valence-electron chi connectivity index (χ1n) is 8.70. The topological polar surface area (TPSA) is 86.8 Å². The Hall–Kier alpha value is -2.15. The Morgan fingerprint density at radius 3 is 2.88 bits per heavy atom. The van der Waals surface area contributed by atoms with Gasteiger partial charge >= 0.3 is 0 Å². The zero-order valence-electron chi connectivity index (χ0n) is 14.6. The lowest BCUT2D eigenvalue weighted by molar-refractivity contribution is 0.251. The van der Waals surface area contributed by atoms with Crippen molar-refractivity contribution in [2.75, 3.05) is 19.7 Å². The zero-order valence-corrected chi connectivity index (χ0v) is 14.6. The van der Waals surface area contributed by atoms with Crippen LogP contribution in [0.4, 0.5) is 0 Å². The molecule has 0 aliphatic heterocycles. The van der Waals surface area contributed by atoms with E-state index >= 15 is 0 Å². The molecule has 0 saturated carbocycles. The fraction of sp³-hybridized carbons (Fsp3) is 0.588. The van der Waals surface area contributed by atoms with Gasteiger partial charge in [0, 0.05) is 25.9 Å². The number of pyridine rings is 1. The van der Waals surface area contributed by atoms with Gasteiger partial charge in [0.1, 0.15) is 6.54 Å². The molecule has 7 nitrogen and oxygen atoms in total. The molecule has 1 atom stereocenters. The summed E-state index contributed by atoms with van der Waals surface area (Å²) in [5.74, 6) is 2.03. The highest BCUT2D eigenvalue weighted by molar-refractivity contribution is 5.79. The minimum Gasteiger partial charge on any atom is -0.396 e. The number of aliphatic imine (C=N–C) groups is 1. The second-order valence-electron chi connectivity index (χ2n) is 5.79. The number of aromatic nitrogens is 3. The van der Waals surface area contributed by atoms with E-state index in [-0.39, 0.29) is 6.61 Å². The van der Waals surface area contributed by atoms with Gasteiger partial charge in [0.05, 0.1) is 0 Å². The van der Waals surface area contributed by atoms with Crippen molar-refractivity contribution in [3.63, 3.8) is 0 Å². The van der Waals surface area contributed by atoms with Crippen LogP contribution in [-0.2, 0) is 6.54 Å². The van der Waals surface area contributed by atoms with E-state index in [1.54, 1.807) is 0 Å². The highest BCUT2D eigenvalue weighted by Gasteiger charge is 2.09. The van der Waals surface area contributed by atoms with Gasteiger partial charge in [-0.25, -0.2) is 4.99 Å². The molecule has 0 saturated heterocycles. The van der Waals surface area contributed by atoms with Gasteiger partial charge in [-0.05, 0) is 37.8 Å². The van der Waals surface area contributed by atoms with E-state index in [0.717, 1.165) is 49.8 Å². The third-order valence-corrected chi connectivity index (χ3v) is 3.90. The van der Waals surface area contributed by atoms with Gasteiger partial charge in [-0.1, -0.05) is 19.4 Å². The molecule has 2 aromatic rings. The molecular formula is C17H28N6O. The lowest BCUT2D eigenvalue weighted by Gasteiger charge is -2.18. The summed E-state index contributed by atoms with van der Waals surface area (Å²) in [4.78, 5) is 4.61. The molecule has 1 unspecified atom stereocenters. The van der Waals surface area contributed by atoms with Crippen molar-refractivity contribution in [2.24, 2.45) is 10.9 Å². The van der Waals surface area contributed by atoms with Crippen LogP contribution >= 0.6 is 0 Å². The molecule has 0 bridgehead atoms. The Labute approximate surface area is 143 Å². The highest BCUT2D eigenvalue weighted by atomic mass is 16.3. The molecule has 0 amide bonds. The van der Waals surface area contributed by atoms with Gasteiger partial charge in [0.15, 0.2) is 17.4 Å². The first-order valence-corrected chi connectivity index (χ1v) is 8.70. The summed E-state index contributed by atoms with van der Waals surface area (Å²) in [7, 11) is 0. The van der Waals surface area contributed by atoms with Crippen molar-refractivity contribution >= 4 is 11.6 Å². The van der Waals surface area contributed by atoms with Crippen molar-refractivity contribution in [1.29, 1.82) is 0 Å². The van der Waals surface area contributed by atoms with Crippen molar-refractivity contribution in [3.05, 3.63) is 30.2 Å². The number of guanidine groups is 1. The Balaban J connectivity index is 1.99. The third-order valence-electron chi connectivity index (χ3n) is 3.90. The maximum absolute atomic E-state index is 9.17. The minimum absolute atomic E-state index is 0.228. The first kappa shape index (κ1) is 18.2. The molecule has 2 rings (SSSR count). The molecule has 2 heterocycles. The summed E-state index contributed by atoms with van der Waals surface area (Å²) in [5.41, 5.74) is 0.826. The number of rotatable bonds is 9. The monoisotopic (exact) mass is 332 g/mol. The maximum Gasteiger partial charge on any atom is 0.191 e. The molecule has 0 aromatic carbocycles. The van der Waals surface area contributed by atoms with Crippen LogP contribution in [0, 0.1) is 5.92 Å². The lowest BCUT2D eigenvalue weighted by Crippen LogP contribution is -2.40. The molecule has 3 N–H and O–H groups in total. The summed E-state index contributed by atoms with van der Waals surface area (Å²) < 4.78 is 1.94. The van der Waals surface area contributed by atoms with E-state index in [2.05, 4.69) is 32.7 Å². The molecule has 0 radical (unpaired) electrons. The van der Waals surface area contributed by atoms with Crippen LogP contribution in [0.3, 0.4) is 0 Å². The first-order chi connectivity index (χ1) is 11.8. The average Bonchev–Trinajstić information content (AvgIpc) is 3.01. The van der Waals surface area contributed by atoms with E-state index < -0.39 is 0 Å². The predicted molar refractivity (Wildman–Crippen MR) is 95.9 cm³/mol. The number of aliphatic hydroxyl groups excluding tert-OH is 1. The Kier molecular flexibility index (Phi) is 7.48. The van der Waals surface area contributed by atoms with Crippen LogP contribution in [0.2, 0.25) is 0 Å². The second-order valence-corrected chi connectivity index (χ2v) is 5.79. The molecule has 0 aliphatic carbocycles. The Morgan fingerprint density at radius 2 is 2.12 bits per heavy atom. The summed E-state index contributed by atoms with van der Waals surface area (Å²) in [6, 6.07) is 5.82. The van der Waals surface area contributed by atoms with Crippen molar-refractivity contribution < 1.29 is 5.11 Å².